The van der Waals surface area contributed by atoms with Crippen molar-refractivity contribution in [3.63, 3.8) is 0 Å². The Hall–Kier alpha value is -3.15. The fourth-order valence-electron chi connectivity index (χ4n) is 17.0. The number of carbonyl (C=O) groups excluding carboxylic acids is 5. The molecule has 0 radical (unpaired) electrons. The Kier molecular flexibility index (Phi) is 17.8. The van der Waals surface area contributed by atoms with Crippen molar-refractivity contribution in [2.24, 2.45) is 93.2 Å². The van der Waals surface area contributed by atoms with E-state index in [1.165, 1.54) is 38.5 Å². The van der Waals surface area contributed by atoms with E-state index in [9.17, 15) is 60.5 Å². The molecule has 12 saturated carbocycles. The summed E-state index contributed by atoms with van der Waals surface area (Å²) >= 11 is 0. The third-order valence-electron chi connectivity index (χ3n) is 23.0. The summed E-state index contributed by atoms with van der Waals surface area (Å²) in [5.41, 5.74) is -7.34. The summed E-state index contributed by atoms with van der Waals surface area (Å²) in [6.07, 6.45) is 3.96. The first kappa shape index (κ1) is 63.9. The van der Waals surface area contributed by atoms with E-state index in [2.05, 4.69) is 13.8 Å². The number of ether oxygens (including phenoxy) is 5. The van der Waals surface area contributed by atoms with Crippen LogP contribution in [0.1, 0.15) is 218 Å². The second-order valence-corrected chi connectivity index (χ2v) is 30.0. The topological polar surface area (TPSA) is 172 Å². The number of hydrogen-bond acceptors (Lipinski definition) is 12. The number of halogens is 6. The second kappa shape index (κ2) is 22.6. The monoisotopic (exact) mass is 1160 g/mol. The molecule has 0 amide bonds. The lowest BCUT2D eigenvalue weighted by atomic mass is 9.50. The predicted molar refractivity (Wildman–Crippen MR) is 287 cm³/mol. The van der Waals surface area contributed by atoms with Crippen molar-refractivity contribution in [3.05, 3.63) is 0 Å². The van der Waals surface area contributed by atoms with Crippen molar-refractivity contribution in [2.75, 3.05) is 0 Å². The molecule has 12 atom stereocenters. The SMILES string of the molecule is CCC(C)(C)C(=O)OC1(C)C2CC3CC(C2)CC1C3.CCC(C)(C)C(=O)OC12CC3CC(CC(O)(C3)C1)C2.CCC(C)(C)C(=O)OC1CC2CC(CC(O)(C(F)(F)F)C(F)(F)F)C1C2.CCC(C)C(=O)OC1C2CC3C(=O)OC1C3C2. The van der Waals surface area contributed by atoms with Gasteiger partial charge in [-0.25, -0.2) is 0 Å². The molecule has 0 aromatic heterocycles. The minimum Gasteiger partial charge on any atom is -0.462 e. The summed E-state index contributed by atoms with van der Waals surface area (Å²) in [6, 6.07) is 0. The van der Waals surface area contributed by atoms with Crippen molar-refractivity contribution in [1.82, 2.24) is 0 Å². The van der Waals surface area contributed by atoms with Crippen LogP contribution in [-0.2, 0) is 47.7 Å². The van der Waals surface area contributed by atoms with Gasteiger partial charge in [-0.05, 0) is 230 Å². The van der Waals surface area contributed by atoms with E-state index in [4.69, 9.17) is 23.7 Å². The Morgan fingerprint density at radius 3 is 1.60 bits per heavy atom. The zero-order chi connectivity index (χ0) is 60.0. The molecule has 1 aliphatic heterocycles. The summed E-state index contributed by atoms with van der Waals surface area (Å²) in [5, 5.41) is 20.1. The van der Waals surface area contributed by atoms with Gasteiger partial charge < -0.3 is 33.9 Å². The number of alkyl halides is 6. The maximum absolute atomic E-state index is 12.9. The Morgan fingerprint density at radius 1 is 0.630 bits per heavy atom. The summed E-state index contributed by atoms with van der Waals surface area (Å²) in [7, 11) is 0. The third-order valence-corrected chi connectivity index (χ3v) is 23.0. The quantitative estimate of drug-likeness (QED) is 0.0959. The second-order valence-electron chi connectivity index (χ2n) is 30.0. The summed E-state index contributed by atoms with van der Waals surface area (Å²) in [4.78, 5) is 60.4. The van der Waals surface area contributed by atoms with Crippen molar-refractivity contribution in [1.29, 1.82) is 0 Å². The van der Waals surface area contributed by atoms with Gasteiger partial charge in [-0.3, -0.25) is 24.0 Å². The number of rotatable bonds is 14. The molecule has 13 aliphatic rings. The predicted octanol–water partition coefficient (Wildman–Crippen LogP) is 13.4. The zero-order valence-corrected chi connectivity index (χ0v) is 50.3. The lowest BCUT2D eigenvalue weighted by Crippen LogP contribution is -2.61. The van der Waals surface area contributed by atoms with Gasteiger partial charge in [0.25, 0.3) is 5.60 Å². The number of hydrogen-bond donors (Lipinski definition) is 2. The van der Waals surface area contributed by atoms with Crippen molar-refractivity contribution >= 4 is 29.8 Å². The molecule has 13 rings (SSSR count). The van der Waals surface area contributed by atoms with E-state index in [1.807, 2.05) is 48.5 Å². The summed E-state index contributed by atoms with van der Waals surface area (Å²) < 4.78 is 106. The third kappa shape index (κ3) is 12.6. The first-order valence-corrected chi connectivity index (χ1v) is 31.0. The van der Waals surface area contributed by atoms with Gasteiger partial charge in [0.2, 0.25) is 0 Å². The van der Waals surface area contributed by atoms with Crippen LogP contribution in [0, 0.1) is 93.2 Å². The molecule has 462 valence electrons. The highest BCUT2D eigenvalue weighted by Gasteiger charge is 2.72. The maximum atomic E-state index is 12.9. The van der Waals surface area contributed by atoms with E-state index < -0.39 is 64.7 Å². The molecule has 0 spiro atoms. The first-order valence-electron chi connectivity index (χ1n) is 31.0. The minimum absolute atomic E-state index is 0.0185. The van der Waals surface area contributed by atoms with Crippen LogP contribution in [0.3, 0.4) is 0 Å². The number of esters is 5. The molecule has 81 heavy (non-hydrogen) atoms. The molecule has 1 heterocycles. The fourth-order valence-corrected chi connectivity index (χ4v) is 17.0. The van der Waals surface area contributed by atoms with Gasteiger partial charge in [0.1, 0.15) is 29.5 Å². The van der Waals surface area contributed by atoms with Crippen LogP contribution in [0.2, 0.25) is 0 Å². The van der Waals surface area contributed by atoms with Gasteiger partial charge in [0, 0.05) is 18.3 Å². The number of aliphatic hydroxyl groups is 2. The Labute approximate surface area is 476 Å². The minimum atomic E-state index is -5.82. The smallest absolute Gasteiger partial charge is 0.426 e. The summed E-state index contributed by atoms with van der Waals surface area (Å²) in [6.45, 7) is 23.2. The van der Waals surface area contributed by atoms with Crippen molar-refractivity contribution in [3.8, 4) is 0 Å². The standard InChI is InChI=1S/C17H24F6O3.C17H28O2.C16H26O3.C13H18O4/c1-4-14(2,3)13(24)26-12-7-9-5-10(11(12)6-9)8-15(25,16(18,19)20)17(21,22)23;1-5-16(2,3)15(18)19-17(4)13-7-11-6-12(9-13)10-14(17)8-11;1-4-14(2,3)13(17)19-16-8-11-5-12(9-16)7-15(18,6-11)10-16;1-3-6(2)12(14)16-10-7-4-8-9(5-7)13(15)17-11(8)10/h9-12,25H,4-8H2,1-3H3;11-14H,5-10H2,1-4H3;11-12,18H,4-10H2,1-3H3;6-11H,3-5H2,1-2H3. The van der Waals surface area contributed by atoms with E-state index >= 15 is 0 Å². The van der Waals surface area contributed by atoms with Crippen molar-refractivity contribution in [2.45, 2.75) is 271 Å². The normalized spacial score (nSPS) is 39.6. The van der Waals surface area contributed by atoms with Gasteiger partial charge >= 0.3 is 42.2 Å². The van der Waals surface area contributed by atoms with Crippen LogP contribution in [0.4, 0.5) is 26.3 Å². The van der Waals surface area contributed by atoms with E-state index in [0.29, 0.717) is 61.2 Å². The zero-order valence-electron chi connectivity index (χ0n) is 50.3. The Balaban J connectivity index is 0.000000143. The average Bonchev–Trinajstić information content (AvgIpc) is 4.25. The molecule has 13 fully saturated rings. The van der Waals surface area contributed by atoms with Gasteiger partial charge in [-0.15, -0.1) is 0 Å². The lowest BCUT2D eigenvalue weighted by Gasteiger charge is -2.59. The van der Waals surface area contributed by atoms with Gasteiger partial charge in [-0.2, -0.15) is 26.3 Å². The van der Waals surface area contributed by atoms with E-state index in [-0.39, 0.29) is 76.9 Å². The molecule has 12 nitrogen and oxygen atoms in total. The first-order chi connectivity index (χ1) is 37.3. The van der Waals surface area contributed by atoms with Crippen LogP contribution in [0.5, 0.6) is 0 Å². The summed E-state index contributed by atoms with van der Waals surface area (Å²) in [5.74, 6) is 2.42. The molecule has 12 aliphatic carbocycles. The van der Waals surface area contributed by atoms with Crippen LogP contribution in [0.15, 0.2) is 0 Å². The molecule has 12 bridgehead atoms. The Bertz CT molecular complexity index is 2270. The highest BCUT2D eigenvalue weighted by Crippen LogP contribution is 2.62. The molecule has 18 heteroatoms. The van der Waals surface area contributed by atoms with Gasteiger partial charge in [0.05, 0.1) is 33.7 Å². The molecule has 0 aromatic carbocycles. The molecular weight excluding hydrogens is 1060 g/mol. The fraction of sp³-hybridized carbons (Fsp3) is 0.921. The molecule has 0 aromatic rings. The Morgan fingerprint density at radius 2 is 1.12 bits per heavy atom. The van der Waals surface area contributed by atoms with Crippen LogP contribution >= 0.6 is 0 Å². The van der Waals surface area contributed by atoms with Gasteiger partial charge in [0.15, 0.2) is 0 Å². The molecule has 2 N–H and O–H groups in total. The lowest BCUT2D eigenvalue weighted by molar-refractivity contribution is -0.373. The van der Waals surface area contributed by atoms with Crippen LogP contribution in [-0.4, -0.2) is 93.1 Å². The average molecular weight is 1160 g/mol. The highest BCUT2D eigenvalue weighted by molar-refractivity contribution is 5.78. The molecule has 1 saturated heterocycles. The van der Waals surface area contributed by atoms with Crippen LogP contribution in [0.25, 0.3) is 0 Å². The maximum Gasteiger partial charge on any atom is 0.426 e. The van der Waals surface area contributed by atoms with E-state index in [0.717, 1.165) is 69.6 Å². The molecule has 12 unspecified atom stereocenters. The number of carbonyl (C=O) groups is 5. The van der Waals surface area contributed by atoms with Gasteiger partial charge in [-0.1, -0.05) is 34.6 Å². The highest BCUT2D eigenvalue weighted by atomic mass is 19.4. The van der Waals surface area contributed by atoms with Crippen molar-refractivity contribution < 1.29 is 84.2 Å². The number of fused-ring (bicyclic) bond motifs is 3. The largest absolute Gasteiger partial charge is 0.462 e. The van der Waals surface area contributed by atoms with Crippen LogP contribution < -0.4 is 0 Å². The van der Waals surface area contributed by atoms with E-state index in [1.54, 1.807) is 20.8 Å². The molecular formula is C63H96F6O12.